The van der Waals surface area contributed by atoms with Gasteiger partial charge in [0.25, 0.3) is 0 Å². The molecule has 3 aromatic rings. The molecule has 0 radical (unpaired) electrons. The number of aliphatic hydroxyl groups is 1. The lowest BCUT2D eigenvalue weighted by atomic mass is 9.93. The summed E-state index contributed by atoms with van der Waals surface area (Å²) >= 11 is 0. The SMILES string of the molecule is COc1ccc(C(C)OCC(O)CNC(C)(C)Cc2ccc3ccccc3c2)cc1. The van der Waals surface area contributed by atoms with Crippen LogP contribution in [0.25, 0.3) is 10.8 Å². The number of methoxy groups -OCH3 is 1. The molecule has 0 fully saturated rings. The van der Waals surface area contributed by atoms with Crippen LogP contribution < -0.4 is 10.1 Å². The Bertz CT molecular complexity index is 936. The number of β-amino-alcohol motifs (C(OH)–C–C–N with tert-alkyl or cyclic N) is 1. The second-order valence-corrected chi connectivity index (χ2v) is 8.53. The summed E-state index contributed by atoms with van der Waals surface area (Å²) in [4.78, 5) is 0. The van der Waals surface area contributed by atoms with Crippen LogP contribution in [-0.4, -0.2) is 37.0 Å². The highest BCUT2D eigenvalue weighted by Gasteiger charge is 2.20. The Labute approximate surface area is 179 Å². The van der Waals surface area contributed by atoms with Gasteiger partial charge in [-0.05, 0) is 61.2 Å². The Hall–Kier alpha value is -2.40. The fraction of sp³-hybridized carbons (Fsp3) is 0.385. The third kappa shape index (κ3) is 6.30. The van der Waals surface area contributed by atoms with Crippen LogP contribution in [0.5, 0.6) is 5.75 Å². The summed E-state index contributed by atoms with van der Waals surface area (Å²) in [6, 6.07) is 22.8. The Morgan fingerprint density at radius 1 is 0.967 bits per heavy atom. The number of hydrogen-bond acceptors (Lipinski definition) is 4. The molecule has 2 unspecified atom stereocenters. The van der Waals surface area contributed by atoms with E-state index in [1.54, 1.807) is 7.11 Å². The predicted octanol–water partition coefficient (Wildman–Crippen LogP) is 4.90. The van der Waals surface area contributed by atoms with Gasteiger partial charge in [0.05, 0.1) is 25.9 Å². The normalized spacial score (nSPS) is 13.9. The molecule has 0 amide bonds. The highest BCUT2D eigenvalue weighted by atomic mass is 16.5. The number of rotatable bonds is 10. The van der Waals surface area contributed by atoms with Crippen molar-refractivity contribution >= 4 is 10.8 Å². The highest BCUT2D eigenvalue weighted by molar-refractivity contribution is 5.83. The van der Waals surface area contributed by atoms with Crippen molar-refractivity contribution in [3.05, 3.63) is 77.9 Å². The van der Waals surface area contributed by atoms with Crippen molar-refractivity contribution in [1.82, 2.24) is 5.32 Å². The van der Waals surface area contributed by atoms with Crippen LogP contribution >= 0.6 is 0 Å². The van der Waals surface area contributed by atoms with E-state index in [1.165, 1.54) is 16.3 Å². The molecular weight excluding hydrogens is 374 g/mol. The van der Waals surface area contributed by atoms with Crippen molar-refractivity contribution in [3.63, 3.8) is 0 Å². The van der Waals surface area contributed by atoms with Crippen molar-refractivity contribution in [2.45, 2.75) is 44.9 Å². The van der Waals surface area contributed by atoms with Gasteiger partial charge in [0.2, 0.25) is 0 Å². The summed E-state index contributed by atoms with van der Waals surface area (Å²) < 4.78 is 11.0. The second-order valence-electron chi connectivity index (χ2n) is 8.53. The Morgan fingerprint density at radius 3 is 2.37 bits per heavy atom. The number of aliphatic hydroxyl groups excluding tert-OH is 1. The van der Waals surface area contributed by atoms with E-state index < -0.39 is 6.10 Å². The minimum Gasteiger partial charge on any atom is -0.497 e. The van der Waals surface area contributed by atoms with Gasteiger partial charge >= 0.3 is 0 Å². The van der Waals surface area contributed by atoms with Crippen LogP contribution in [0.15, 0.2) is 66.7 Å². The summed E-state index contributed by atoms with van der Waals surface area (Å²) in [6.45, 7) is 7.08. The maximum Gasteiger partial charge on any atom is 0.118 e. The van der Waals surface area contributed by atoms with E-state index in [0.717, 1.165) is 17.7 Å². The van der Waals surface area contributed by atoms with Gasteiger partial charge in [-0.15, -0.1) is 0 Å². The van der Waals surface area contributed by atoms with Crippen molar-refractivity contribution in [2.24, 2.45) is 0 Å². The van der Waals surface area contributed by atoms with E-state index >= 15 is 0 Å². The van der Waals surface area contributed by atoms with E-state index in [-0.39, 0.29) is 18.2 Å². The summed E-state index contributed by atoms with van der Waals surface area (Å²) in [5.41, 5.74) is 2.21. The van der Waals surface area contributed by atoms with Crippen LogP contribution in [0.2, 0.25) is 0 Å². The lowest BCUT2D eigenvalue weighted by Crippen LogP contribution is -2.46. The Morgan fingerprint density at radius 2 is 1.67 bits per heavy atom. The summed E-state index contributed by atoms with van der Waals surface area (Å²) in [7, 11) is 1.65. The molecule has 0 saturated carbocycles. The first-order valence-corrected chi connectivity index (χ1v) is 10.5. The zero-order valence-electron chi connectivity index (χ0n) is 18.4. The average Bonchev–Trinajstić information content (AvgIpc) is 2.76. The van der Waals surface area contributed by atoms with E-state index in [2.05, 4.69) is 61.6 Å². The van der Waals surface area contributed by atoms with E-state index in [4.69, 9.17) is 9.47 Å². The summed E-state index contributed by atoms with van der Waals surface area (Å²) in [6.07, 6.45) is 0.228. The van der Waals surface area contributed by atoms with Gasteiger partial charge in [-0.3, -0.25) is 0 Å². The van der Waals surface area contributed by atoms with Gasteiger partial charge in [-0.25, -0.2) is 0 Å². The van der Waals surface area contributed by atoms with Crippen LogP contribution in [-0.2, 0) is 11.2 Å². The lowest BCUT2D eigenvalue weighted by molar-refractivity contribution is -0.00418. The molecule has 4 nitrogen and oxygen atoms in total. The first-order chi connectivity index (χ1) is 14.4. The van der Waals surface area contributed by atoms with Crippen LogP contribution in [0.1, 0.15) is 38.0 Å². The molecule has 2 N–H and O–H groups in total. The molecule has 0 bridgehead atoms. The fourth-order valence-electron chi connectivity index (χ4n) is 3.60. The molecule has 4 heteroatoms. The average molecular weight is 408 g/mol. The molecule has 0 aromatic heterocycles. The van der Waals surface area contributed by atoms with Crippen LogP contribution in [0, 0.1) is 0 Å². The number of nitrogens with one attached hydrogen (secondary N) is 1. The second kappa shape index (κ2) is 10.1. The minimum atomic E-state index is -0.568. The van der Waals surface area contributed by atoms with Gasteiger partial charge in [0.15, 0.2) is 0 Å². The van der Waals surface area contributed by atoms with Gasteiger partial charge in [0, 0.05) is 12.1 Å². The molecular formula is C26H33NO3. The highest BCUT2D eigenvalue weighted by Crippen LogP contribution is 2.21. The predicted molar refractivity (Wildman–Crippen MR) is 123 cm³/mol. The molecule has 0 aliphatic rings. The molecule has 3 rings (SSSR count). The smallest absolute Gasteiger partial charge is 0.118 e. The standard InChI is InChI=1S/C26H33NO3/c1-19(21-11-13-25(29-4)14-12-21)30-18-24(28)17-27-26(2,3)16-20-9-10-22-7-5-6-8-23(22)15-20/h5-15,19,24,27-28H,16-18H2,1-4H3. The molecule has 3 aromatic carbocycles. The van der Waals surface area contributed by atoms with Gasteiger partial charge in [-0.1, -0.05) is 54.6 Å². The Kier molecular flexibility index (Phi) is 7.48. The topological polar surface area (TPSA) is 50.7 Å². The number of fused-ring (bicyclic) bond motifs is 1. The van der Waals surface area contributed by atoms with Crippen molar-refractivity contribution in [3.8, 4) is 5.75 Å². The molecule has 0 heterocycles. The maximum atomic E-state index is 10.4. The van der Waals surface area contributed by atoms with Gasteiger partial charge in [-0.2, -0.15) is 0 Å². The monoisotopic (exact) mass is 407 g/mol. The molecule has 0 aliphatic carbocycles. The third-order valence-electron chi connectivity index (χ3n) is 5.40. The minimum absolute atomic E-state index is 0.0869. The quantitative estimate of drug-likeness (QED) is 0.502. The zero-order chi connectivity index (χ0) is 21.6. The molecule has 2 atom stereocenters. The number of ether oxygens (including phenoxy) is 2. The Balaban J connectivity index is 1.46. The summed E-state index contributed by atoms with van der Waals surface area (Å²) in [5, 5.41) is 16.4. The fourth-order valence-corrected chi connectivity index (χ4v) is 3.60. The molecule has 0 saturated heterocycles. The largest absolute Gasteiger partial charge is 0.497 e. The van der Waals surface area contributed by atoms with Crippen molar-refractivity contribution < 1.29 is 14.6 Å². The first kappa shape index (κ1) is 22.3. The molecule has 0 spiro atoms. The molecule has 0 aliphatic heterocycles. The third-order valence-corrected chi connectivity index (χ3v) is 5.40. The lowest BCUT2D eigenvalue weighted by Gasteiger charge is -2.28. The number of hydrogen-bond donors (Lipinski definition) is 2. The van der Waals surface area contributed by atoms with Gasteiger partial charge in [0.1, 0.15) is 5.75 Å². The van der Waals surface area contributed by atoms with Crippen LogP contribution in [0.4, 0.5) is 0 Å². The molecule has 160 valence electrons. The van der Waals surface area contributed by atoms with E-state index in [0.29, 0.717) is 6.54 Å². The van der Waals surface area contributed by atoms with Gasteiger partial charge < -0.3 is 19.9 Å². The summed E-state index contributed by atoms with van der Waals surface area (Å²) in [5.74, 6) is 0.823. The zero-order valence-corrected chi connectivity index (χ0v) is 18.4. The van der Waals surface area contributed by atoms with Crippen LogP contribution in [0.3, 0.4) is 0 Å². The van der Waals surface area contributed by atoms with Crippen molar-refractivity contribution in [2.75, 3.05) is 20.3 Å². The first-order valence-electron chi connectivity index (χ1n) is 10.5. The van der Waals surface area contributed by atoms with E-state index in [9.17, 15) is 5.11 Å². The molecule has 30 heavy (non-hydrogen) atoms. The maximum absolute atomic E-state index is 10.4. The number of benzene rings is 3. The van der Waals surface area contributed by atoms with E-state index in [1.807, 2.05) is 31.2 Å². The van der Waals surface area contributed by atoms with Crippen molar-refractivity contribution in [1.29, 1.82) is 0 Å².